The quantitative estimate of drug-likeness (QED) is 0.683. The number of benzene rings is 2. The van der Waals surface area contributed by atoms with Crippen LogP contribution in [-0.4, -0.2) is 21.8 Å². The molecule has 7 nitrogen and oxygen atoms in total. The third-order valence-electron chi connectivity index (χ3n) is 4.09. The highest BCUT2D eigenvalue weighted by molar-refractivity contribution is 8.10. The largest absolute Gasteiger partial charge is 0.382 e. The van der Waals surface area contributed by atoms with Crippen LogP contribution in [-0.2, 0) is 20.0 Å². The number of hydrogen-bond donors (Lipinski definition) is 1. The molecule has 0 aliphatic rings. The Labute approximate surface area is 164 Å². The predicted molar refractivity (Wildman–Crippen MR) is 108 cm³/mol. The van der Waals surface area contributed by atoms with Gasteiger partial charge in [-0.05, 0) is 50.2 Å². The minimum atomic E-state index is -4.48. The molecule has 0 bridgehead atoms. The van der Waals surface area contributed by atoms with Gasteiger partial charge in [0.2, 0.25) is 0 Å². The summed E-state index contributed by atoms with van der Waals surface area (Å²) in [5.74, 6) is -0.214. The van der Waals surface area contributed by atoms with Gasteiger partial charge in [-0.2, -0.15) is 3.71 Å². The minimum Gasteiger partial charge on any atom is -0.382 e. The number of aryl methyl sites for hydroxylation is 2. The zero-order chi connectivity index (χ0) is 20.5. The molecular formula is C19H19N3O4S2. The molecule has 0 amide bonds. The highest BCUT2D eigenvalue weighted by Crippen LogP contribution is 2.33. The Kier molecular flexibility index (Phi) is 5.14. The standard InChI is InChI=1S/C19H19N3O4S2/c1-14-5-9-16(10-6-14)27(23,24)22(18-4-3-13-21-19(18)20)28(25,26)17-11-7-15(2)8-12-17/h3-13H,1-2H3,(H2,20,21). The van der Waals surface area contributed by atoms with Crippen molar-refractivity contribution in [3.05, 3.63) is 78.0 Å². The summed E-state index contributed by atoms with van der Waals surface area (Å²) in [6, 6.07) is 14.5. The summed E-state index contributed by atoms with van der Waals surface area (Å²) in [4.78, 5) is 3.51. The van der Waals surface area contributed by atoms with Crippen LogP contribution in [0.5, 0.6) is 0 Å². The number of nitrogens with zero attached hydrogens (tertiary/aromatic N) is 2. The van der Waals surface area contributed by atoms with E-state index in [1.54, 1.807) is 38.1 Å². The lowest BCUT2D eigenvalue weighted by Crippen LogP contribution is -2.37. The summed E-state index contributed by atoms with van der Waals surface area (Å²) in [7, 11) is -8.97. The molecule has 2 aromatic carbocycles. The average molecular weight is 418 g/mol. The normalized spacial score (nSPS) is 11.9. The predicted octanol–water partition coefficient (Wildman–Crippen LogP) is 2.86. The number of nitrogens with two attached hydrogens (primary N) is 1. The van der Waals surface area contributed by atoms with Crippen molar-refractivity contribution in [1.29, 1.82) is 0 Å². The zero-order valence-electron chi connectivity index (χ0n) is 15.3. The van der Waals surface area contributed by atoms with Crippen LogP contribution in [0.1, 0.15) is 11.1 Å². The molecule has 0 atom stereocenters. The molecule has 0 spiro atoms. The number of pyridine rings is 1. The number of sulfonamides is 2. The minimum absolute atomic E-state index is 0.169. The summed E-state index contributed by atoms with van der Waals surface area (Å²) in [6.07, 6.45) is 1.36. The van der Waals surface area contributed by atoms with Crippen molar-refractivity contribution >= 4 is 31.6 Å². The van der Waals surface area contributed by atoms with E-state index in [9.17, 15) is 16.8 Å². The number of hydrogen-bond acceptors (Lipinski definition) is 6. The summed E-state index contributed by atoms with van der Waals surface area (Å²) >= 11 is 0. The Morgan fingerprint density at radius 2 is 1.18 bits per heavy atom. The van der Waals surface area contributed by atoms with Gasteiger partial charge in [-0.15, -0.1) is 0 Å². The molecule has 0 aliphatic heterocycles. The van der Waals surface area contributed by atoms with E-state index in [4.69, 9.17) is 5.73 Å². The van der Waals surface area contributed by atoms with Crippen molar-refractivity contribution in [2.24, 2.45) is 0 Å². The molecule has 2 N–H and O–H groups in total. The van der Waals surface area contributed by atoms with Crippen molar-refractivity contribution in [3.63, 3.8) is 0 Å². The fourth-order valence-corrected chi connectivity index (χ4v) is 6.28. The van der Waals surface area contributed by atoms with Gasteiger partial charge in [-0.25, -0.2) is 21.8 Å². The lowest BCUT2D eigenvalue weighted by molar-refractivity contribution is 0.584. The fraction of sp³-hybridized carbons (Fsp3) is 0.105. The van der Waals surface area contributed by atoms with E-state index in [0.717, 1.165) is 11.1 Å². The lowest BCUT2D eigenvalue weighted by Gasteiger charge is -2.24. The van der Waals surface area contributed by atoms with Crippen LogP contribution in [0.15, 0.2) is 76.7 Å². The van der Waals surface area contributed by atoms with Crippen molar-refractivity contribution < 1.29 is 16.8 Å². The van der Waals surface area contributed by atoms with E-state index in [-0.39, 0.29) is 21.3 Å². The first-order chi connectivity index (χ1) is 13.1. The van der Waals surface area contributed by atoms with Gasteiger partial charge in [0.1, 0.15) is 11.5 Å². The second kappa shape index (κ2) is 7.25. The van der Waals surface area contributed by atoms with E-state index in [1.165, 1.54) is 42.6 Å². The number of aromatic nitrogens is 1. The molecule has 1 aromatic heterocycles. The van der Waals surface area contributed by atoms with E-state index in [2.05, 4.69) is 4.98 Å². The molecule has 0 saturated heterocycles. The van der Waals surface area contributed by atoms with Crippen LogP contribution in [0.4, 0.5) is 11.5 Å². The van der Waals surface area contributed by atoms with Crippen LogP contribution < -0.4 is 9.44 Å². The monoisotopic (exact) mass is 417 g/mol. The van der Waals surface area contributed by atoms with E-state index >= 15 is 0 Å². The molecule has 1 heterocycles. The molecular weight excluding hydrogens is 398 g/mol. The van der Waals surface area contributed by atoms with Gasteiger partial charge in [0.25, 0.3) is 20.0 Å². The Morgan fingerprint density at radius 3 is 1.57 bits per heavy atom. The van der Waals surface area contributed by atoms with Gasteiger partial charge >= 0.3 is 0 Å². The second-order valence-corrected chi connectivity index (χ2v) is 10.0. The van der Waals surface area contributed by atoms with Crippen molar-refractivity contribution in [3.8, 4) is 0 Å². The Hall–Kier alpha value is -2.91. The molecule has 0 aliphatic carbocycles. The summed E-state index contributed by atoms with van der Waals surface area (Å²) < 4.78 is 53.7. The van der Waals surface area contributed by atoms with Crippen LogP contribution in [0.25, 0.3) is 0 Å². The number of rotatable bonds is 5. The fourth-order valence-electron chi connectivity index (χ4n) is 2.56. The molecule has 3 aromatic rings. The smallest absolute Gasteiger partial charge is 0.277 e. The van der Waals surface area contributed by atoms with Gasteiger partial charge < -0.3 is 5.73 Å². The molecule has 3 rings (SSSR count). The topological polar surface area (TPSA) is 110 Å². The van der Waals surface area contributed by atoms with Gasteiger partial charge in [0.15, 0.2) is 0 Å². The maximum absolute atomic E-state index is 13.3. The van der Waals surface area contributed by atoms with Gasteiger partial charge in [0.05, 0.1) is 9.79 Å². The molecule has 28 heavy (non-hydrogen) atoms. The summed E-state index contributed by atoms with van der Waals surface area (Å²) in [5, 5.41) is 0. The van der Waals surface area contributed by atoms with Crippen LogP contribution in [0.3, 0.4) is 0 Å². The zero-order valence-corrected chi connectivity index (χ0v) is 16.9. The third kappa shape index (κ3) is 3.58. The lowest BCUT2D eigenvalue weighted by atomic mass is 10.2. The SMILES string of the molecule is Cc1ccc(S(=O)(=O)N(c2cccnc2N)S(=O)(=O)c2ccc(C)cc2)cc1. The Balaban J connectivity index is 2.28. The molecule has 0 saturated carbocycles. The maximum atomic E-state index is 13.3. The summed E-state index contributed by atoms with van der Waals surface area (Å²) in [6.45, 7) is 3.60. The number of nitrogen functional groups attached to an aromatic ring is 1. The first-order valence-corrected chi connectivity index (χ1v) is 11.2. The average Bonchev–Trinajstić information content (AvgIpc) is 2.64. The second-order valence-electron chi connectivity index (χ2n) is 6.24. The van der Waals surface area contributed by atoms with E-state index < -0.39 is 20.0 Å². The van der Waals surface area contributed by atoms with Crippen molar-refractivity contribution in [2.75, 3.05) is 9.44 Å². The Bertz CT molecular complexity index is 1130. The van der Waals surface area contributed by atoms with Crippen LogP contribution in [0.2, 0.25) is 0 Å². The van der Waals surface area contributed by atoms with Crippen LogP contribution in [0, 0.1) is 13.8 Å². The van der Waals surface area contributed by atoms with Gasteiger partial charge in [0, 0.05) is 6.20 Å². The first kappa shape index (κ1) is 19.8. The number of anilines is 2. The molecule has 0 unspecified atom stereocenters. The van der Waals surface area contributed by atoms with E-state index in [1.807, 2.05) is 0 Å². The van der Waals surface area contributed by atoms with E-state index in [0.29, 0.717) is 3.71 Å². The molecule has 0 fully saturated rings. The summed E-state index contributed by atoms with van der Waals surface area (Å²) in [5.41, 5.74) is 7.29. The molecule has 146 valence electrons. The highest BCUT2D eigenvalue weighted by Gasteiger charge is 2.38. The van der Waals surface area contributed by atoms with Gasteiger partial charge in [-0.1, -0.05) is 35.4 Å². The maximum Gasteiger partial charge on any atom is 0.277 e. The van der Waals surface area contributed by atoms with Gasteiger partial charge in [-0.3, -0.25) is 0 Å². The first-order valence-electron chi connectivity index (χ1n) is 8.28. The van der Waals surface area contributed by atoms with Crippen molar-refractivity contribution in [2.45, 2.75) is 23.6 Å². The molecule has 0 radical (unpaired) electrons. The van der Waals surface area contributed by atoms with Crippen LogP contribution >= 0.6 is 0 Å². The molecule has 9 heteroatoms. The third-order valence-corrected chi connectivity index (χ3v) is 8.27. The Morgan fingerprint density at radius 1 is 0.750 bits per heavy atom. The highest BCUT2D eigenvalue weighted by atomic mass is 32.3. The van der Waals surface area contributed by atoms with Crippen molar-refractivity contribution in [1.82, 2.24) is 4.98 Å².